The molecule has 0 unspecified atom stereocenters. The lowest BCUT2D eigenvalue weighted by Gasteiger charge is -2.44. The molecule has 2 heterocycles. The van der Waals surface area contributed by atoms with Crippen LogP contribution in [0.15, 0.2) is 42.5 Å². The number of rotatable bonds is 6. The average molecular weight is 430 g/mol. The molecule has 2 aliphatic rings. The highest BCUT2D eigenvalue weighted by Gasteiger charge is 2.28. The molecule has 4 rings (SSSR count). The van der Waals surface area contributed by atoms with Crippen LogP contribution in [0.2, 0.25) is 5.02 Å². The lowest BCUT2D eigenvalue weighted by atomic mass is 10.0. The second-order valence-electron chi connectivity index (χ2n) is 8.22. The fourth-order valence-corrected chi connectivity index (χ4v) is 4.91. The first-order chi connectivity index (χ1) is 14.7. The van der Waals surface area contributed by atoms with Crippen LogP contribution in [-0.2, 0) is 6.54 Å². The molecule has 6 heteroatoms. The summed E-state index contributed by atoms with van der Waals surface area (Å²) in [7, 11) is 3.38. The van der Waals surface area contributed by atoms with Crippen LogP contribution in [0.25, 0.3) is 0 Å². The van der Waals surface area contributed by atoms with Gasteiger partial charge in [0.15, 0.2) is 11.5 Å². The van der Waals surface area contributed by atoms with Crippen LogP contribution < -0.4 is 14.4 Å². The highest BCUT2D eigenvalue weighted by molar-refractivity contribution is 6.30. The van der Waals surface area contributed by atoms with Crippen molar-refractivity contribution in [1.82, 2.24) is 9.80 Å². The highest BCUT2D eigenvalue weighted by atomic mass is 35.5. The Kier molecular flexibility index (Phi) is 7.03. The zero-order valence-corrected chi connectivity index (χ0v) is 18.8. The van der Waals surface area contributed by atoms with Crippen molar-refractivity contribution in [2.75, 3.05) is 58.4 Å². The number of ether oxygens (including phenoxy) is 2. The number of halogens is 1. The van der Waals surface area contributed by atoms with Crippen molar-refractivity contribution in [2.45, 2.75) is 25.4 Å². The van der Waals surface area contributed by atoms with Crippen LogP contribution in [0.3, 0.4) is 0 Å². The van der Waals surface area contributed by atoms with E-state index >= 15 is 0 Å². The minimum absolute atomic E-state index is 0.639. The first-order valence-electron chi connectivity index (χ1n) is 10.8. The summed E-state index contributed by atoms with van der Waals surface area (Å²) < 4.78 is 10.8. The third-order valence-corrected chi connectivity index (χ3v) is 6.57. The van der Waals surface area contributed by atoms with Gasteiger partial charge in [-0.05, 0) is 55.3 Å². The monoisotopic (exact) mass is 429 g/mol. The maximum Gasteiger partial charge on any atom is 0.161 e. The van der Waals surface area contributed by atoms with E-state index in [1.54, 1.807) is 14.2 Å². The first kappa shape index (κ1) is 21.3. The maximum absolute atomic E-state index is 6.18. The van der Waals surface area contributed by atoms with E-state index in [0.717, 1.165) is 62.3 Å². The summed E-state index contributed by atoms with van der Waals surface area (Å²) in [5, 5.41) is 0.813. The fourth-order valence-electron chi connectivity index (χ4n) is 4.73. The Morgan fingerprint density at radius 1 is 0.933 bits per heavy atom. The van der Waals surface area contributed by atoms with Gasteiger partial charge in [0, 0.05) is 56.0 Å². The molecule has 0 radical (unpaired) electrons. The summed E-state index contributed by atoms with van der Waals surface area (Å²) in [6.45, 7) is 7.60. The fraction of sp³-hybridized carbons (Fsp3) is 0.500. The third kappa shape index (κ3) is 5.02. The Bertz CT molecular complexity index is 839. The minimum atomic E-state index is 0.639. The van der Waals surface area contributed by atoms with Crippen LogP contribution in [0.5, 0.6) is 11.5 Å². The molecule has 2 aliphatic heterocycles. The highest BCUT2D eigenvalue weighted by Crippen LogP contribution is 2.29. The molecule has 162 valence electrons. The molecule has 0 amide bonds. The van der Waals surface area contributed by atoms with Crippen LogP contribution in [-0.4, -0.2) is 69.3 Å². The Balaban J connectivity index is 1.32. The van der Waals surface area contributed by atoms with Gasteiger partial charge in [-0.1, -0.05) is 23.7 Å². The molecular weight excluding hydrogens is 398 g/mol. The number of piperazine rings is 1. The molecule has 2 fully saturated rings. The largest absolute Gasteiger partial charge is 0.493 e. The van der Waals surface area contributed by atoms with E-state index in [1.807, 2.05) is 18.2 Å². The first-order valence-corrected chi connectivity index (χ1v) is 11.2. The van der Waals surface area contributed by atoms with E-state index in [9.17, 15) is 0 Å². The average Bonchev–Trinajstić information content (AvgIpc) is 2.79. The Hall–Kier alpha value is -1.95. The lowest BCUT2D eigenvalue weighted by Crippen LogP contribution is -2.55. The van der Waals surface area contributed by atoms with Gasteiger partial charge in [-0.25, -0.2) is 0 Å². The van der Waals surface area contributed by atoms with Crippen LogP contribution >= 0.6 is 11.6 Å². The molecule has 0 aromatic heterocycles. The van der Waals surface area contributed by atoms with Gasteiger partial charge in [0.2, 0.25) is 0 Å². The number of anilines is 1. The number of likely N-dealkylation sites (tertiary alicyclic amines) is 1. The molecule has 0 saturated carbocycles. The van der Waals surface area contributed by atoms with Crippen molar-refractivity contribution in [1.29, 1.82) is 0 Å². The normalized spacial score (nSPS) is 20.9. The molecular formula is C24H32ClN3O2. The number of hydrogen-bond donors (Lipinski definition) is 0. The molecule has 0 bridgehead atoms. The van der Waals surface area contributed by atoms with Gasteiger partial charge in [-0.15, -0.1) is 0 Å². The van der Waals surface area contributed by atoms with Crippen molar-refractivity contribution < 1.29 is 9.47 Å². The van der Waals surface area contributed by atoms with Crippen molar-refractivity contribution in [3.63, 3.8) is 0 Å². The summed E-state index contributed by atoms with van der Waals surface area (Å²) >= 11 is 6.18. The number of benzene rings is 2. The smallest absolute Gasteiger partial charge is 0.161 e. The van der Waals surface area contributed by atoms with Crippen LogP contribution in [0.4, 0.5) is 5.69 Å². The molecule has 30 heavy (non-hydrogen) atoms. The van der Waals surface area contributed by atoms with Crippen LogP contribution in [0, 0.1) is 0 Å². The topological polar surface area (TPSA) is 28.2 Å². The predicted octanol–water partition coefficient (Wildman–Crippen LogP) is 4.14. The van der Waals surface area contributed by atoms with Gasteiger partial charge >= 0.3 is 0 Å². The van der Waals surface area contributed by atoms with Crippen molar-refractivity contribution >= 4 is 17.3 Å². The molecule has 0 spiro atoms. The number of methoxy groups -OCH3 is 2. The maximum atomic E-state index is 6.18. The Morgan fingerprint density at radius 3 is 2.47 bits per heavy atom. The molecule has 2 saturated heterocycles. The lowest BCUT2D eigenvalue weighted by molar-refractivity contribution is 0.0887. The van der Waals surface area contributed by atoms with Crippen molar-refractivity contribution in [3.8, 4) is 11.5 Å². The molecule has 2 aromatic carbocycles. The van der Waals surface area contributed by atoms with E-state index < -0.39 is 0 Å². The van der Waals surface area contributed by atoms with Crippen molar-refractivity contribution in [3.05, 3.63) is 53.1 Å². The number of hydrogen-bond acceptors (Lipinski definition) is 5. The Morgan fingerprint density at radius 2 is 1.73 bits per heavy atom. The van der Waals surface area contributed by atoms with Gasteiger partial charge in [0.1, 0.15) is 0 Å². The van der Waals surface area contributed by atoms with Gasteiger partial charge in [-0.2, -0.15) is 0 Å². The van der Waals surface area contributed by atoms with E-state index in [4.69, 9.17) is 21.1 Å². The molecule has 0 N–H and O–H groups in total. The van der Waals surface area contributed by atoms with E-state index in [1.165, 1.54) is 24.1 Å². The quantitative estimate of drug-likeness (QED) is 0.688. The number of piperidine rings is 1. The van der Waals surface area contributed by atoms with Gasteiger partial charge in [-0.3, -0.25) is 9.80 Å². The summed E-state index contributed by atoms with van der Waals surface area (Å²) in [5.41, 5.74) is 2.51. The van der Waals surface area contributed by atoms with E-state index in [-0.39, 0.29) is 0 Å². The van der Waals surface area contributed by atoms with Gasteiger partial charge in [0.05, 0.1) is 14.2 Å². The molecule has 2 aromatic rings. The summed E-state index contributed by atoms with van der Waals surface area (Å²) in [5.74, 6) is 1.59. The second-order valence-corrected chi connectivity index (χ2v) is 8.66. The Labute approximate surface area is 185 Å². The van der Waals surface area contributed by atoms with Gasteiger partial charge in [0.25, 0.3) is 0 Å². The molecule has 1 atom stereocenters. The van der Waals surface area contributed by atoms with E-state index in [2.05, 4.69) is 39.0 Å². The van der Waals surface area contributed by atoms with E-state index in [0.29, 0.717) is 6.04 Å². The molecule has 0 aliphatic carbocycles. The number of nitrogens with zero attached hydrogens (tertiary/aromatic N) is 3. The van der Waals surface area contributed by atoms with Crippen molar-refractivity contribution in [2.24, 2.45) is 0 Å². The van der Waals surface area contributed by atoms with Gasteiger partial charge < -0.3 is 14.4 Å². The summed E-state index contributed by atoms with van der Waals surface area (Å²) in [4.78, 5) is 7.72. The molecule has 5 nitrogen and oxygen atoms in total. The SMILES string of the molecule is COc1ccc(CN2CCC[C@@H](N3CCN(c4cccc(Cl)c4)CC3)C2)cc1OC. The summed E-state index contributed by atoms with van der Waals surface area (Å²) in [6.07, 6.45) is 2.55. The predicted molar refractivity (Wildman–Crippen MR) is 123 cm³/mol. The van der Waals surface area contributed by atoms with Crippen LogP contribution in [0.1, 0.15) is 18.4 Å². The second kappa shape index (κ2) is 9.90. The third-order valence-electron chi connectivity index (χ3n) is 6.34. The zero-order chi connectivity index (χ0) is 20.9. The minimum Gasteiger partial charge on any atom is -0.493 e. The zero-order valence-electron chi connectivity index (χ0n) is 18.0. The summed E-state index contributed by atoms with van der Waals surface area (Å²) in [6, 6.07) is 15.1. The standard InChI is InChI=1S/C24H32ClN3O2/c1-29-23-9-8-19(15-24(23)30-2)17-26-10-4-7-22(18-26)28-13-11-27(12-14-28)21-6-3-5-20(25)16-21/h3,5-6,8-9,15-16,22H,4,7,10-14,17-18H2,1-2H3/t22-/m1/s1.